The van der Waals surface area contributed by atoms with Gasteiger partial charge in [0.25, 0.3) is 6.71 Å². The first-order valence-corrected chi connectivity index (χ1v) is 11.9. The van der Waals surface area contributed by atoms with Crippen molar-refractivity contribution in [1.82, 2.24) is 9.97 Å². The number of rotatable bonds is 2. The SMILES string of the molecule is [C-]#[N+]c1nc(C#N)cc(N2c3ccccc3B3c4ccccc4N(c4ccccc4)c4cccc2c43)n1. The van der Waals surface area contributed by atoms with Gasteiger partial charge in [0.15, 0.2) is 0 Å². The van der Waals surface area contributed by atoms with Gasteiger partial charge in [-0.15, -0.1) is 16.5 Å². The highest BCUT2D eigenvalue weighted by Crippen LogP contribution is 2.43. The third-order valence-electron chi connectivity index (χ3n) is 6.97. The van der Waals surface area contributed by atoms with E-state index >= 15 is 0 Å². The monoisotopic (exact) mass is 472 g/mol. The topological polar surface area (TPSA) is 60.4 Å². The van der Waals surface area contributed by atoms with E-state index in [1.807, 2.05) is 12.1 Å². The molecule has 2 aliphatic heterocycles. The summed E-state index contributed by atoms with van der Waals surface area (Å²) in [5, 5.41) is 9.61. The molecule has 0 saturated heterocycles. The Labute approximate surface area is 214 Å². The van der Waals surface area contributed by atoms with E-state index in [2.05, 4.69) is 116 Å². The summed E-state index contributed by atoms with van der Waals surface area (Å²) in [6, 6.07) is 37.3. The van der Waals surface area contributed by atoms with Crippen molar-refractivity contribution in [2.45, 2.75) is 0 Å². The zero-order valence-electron chi connectivity index (χ0n) is 19.6. The van der Waals surface area contributed by atoms with E-state index in [1.165, 1.54) is 5.46 Å². The van der Waals surface area contributed by atoms with E-state index in [0.717, 1.165) is 39.4 Å². The molecule has 1 aromatic heterocycles. The number of para-hydroxylation sites is 3. The molecule has 7 heteroatoms. The van der Waals surface area contributed by atoms with Gasteiger partial charge in [0, 0.05) is 34.5 Å². The van der Waals surface area contributed by atoms with Crippen molar-refractivity contribution in [2.24, 2.45) is 0 Å². The average molecular weight is 472 g/mol. The van der Waals surface area contributed by atoms with Crippen LogP contribution in [-0.2, 0) is 0 Å². The van der Waals surface area contributed by atoms with Gasteiger partial charge in [-0.1, -0.05) is 60.7 Å². The molecule has 170 valence electrons. The summed E-state index contributed by atoms with van der Waals surface area (Å²) in [7, 11) is 0. The molecule has 0 N–H and O–H groups in total. The molecule has 5 aromatic rings. The van der Waals surface area contributed by atoms with Crippen LogP contribution in [0, 0.1) is 17.9 Å². The number of hydrogen-bond donors (Lipinski definition) is 0. The molecule has 0 bridgehead atoms. The van der Waals surface area contributed by atoms with Crippen LogP contribution in [0.25, 0.3) is 4.85 Å². The first-order chi connectivity index (χ1) is 18.3. The van der Waals surface area contributed by atoms with Gasteiger partial charge in [0.2, 0.25) is 11.5 Å². The lowest BCUT2D eigenvalue weighted by molar-refractivity contribution is 1.12. The summed E-state index contributed by atoms with van der Waals surface area (Å²) in [4.78, 5) is 16.4. The van der Waals surface area contributed by atoms with E-state index in [4.69, 9.17) is 6.57 Å². The summed E-state index contributed by atoms with van der Waals surface area (Å²) in [5.74, 6) is 0.455. The van der Waals surface area contributed by atoms with Crippen molar-refractivity contribution in [3.63, 3.8) is 0 Å². The molecule has 2 aliphatic rings. The third-order valence-corrected chi connectivity index (χ3v) is 6.97. The molecule has 3 heterocycles. The van der Waals surface area contributed by atoms with Gasteiger partial charge in [0.05, 0.1) is 0 Å². The number of fused-ring (bicyclic) bond motifs is 4. The van der Waals surface area contributed by atoms with E-state index < -0.39 is 0 Å². The van der Waals surface area contributed by atoms with Crippen LogP contribution in [0.15, 0.2) is 103 Å². The minimum Gasteiger partial charge on any atom is -0.394 e. The van der Waals surface area contributed by atoms with Crippen LogP contribution < -0.4 is 26.2 Å². The summed E-state index contributed by atoms with van der Waals surface area (Å²) >= 11 is 0. The quantitative estimate of drug-likeness (QED) is 0.262. The summed E-state index contributed by atoms with van der Waals surface area (Å²) < 4.78 is 0. The fourth-order valence-electron chi connectivity index (χ4n) is 5.58. The molecular weight excluding hydrogens is 455 g/mol. The predicted molar refractivity (Wildman–Crippen MR) is 147 cm³/mol. The Morgan fingerprint density at radius 2 is 1.30 bits per heavy atom. The van der Waals surface area contributed by atoms with Crippen molar-refractivity contribution in [1.29, 1.82) is 5.26 Å². The molecule has 7 rings (SSSR count). The van der Waals surface area contributed by atoms with Crippen molar-refractivity contribution >= 4 is 63.3 Å². The molecule has 6 nitrogen and oxygen atoms in total. The molecule has 0 aliphatic carbocycles. The van der Waals surface area contributed by atoms with Crippen molar-refractivity contribution in [2.75, 3.05) is 9.80 Å². The highest BCUT2D eigenvalue weighted by Gasteiger charge is 2.43. The maximum absolute atomic E-state index is 9.61. The molecule has 0 fully saturated rings. The second kappa shape index (κ2) is 8.08. The Kier molecular flexibility index (Phi) is 4.57. The summed E-state index contributed by atoms with van der Waals surface area (Å²) in [6.45, 7) is 7.51. The third kappa shape index (κ3) is 3.05. The molecule has 0 saturated carbocycles. The molecule has 0 amide bonds. The lowest BCUT2D eigenvalue weighted by Gasteiger charge is -2.43. The van der Waals surface area contributed by atoms with Gasteiger partial charge < -0.3 is 9.74 Å². The van der Waals surface area contributed by atoms with Crippen LogP contribution in [0.2, 0.25) is 0 Å². The fraction of sp³-hybridized carbons (Fsp3) is 0. The first kappa shape index (κ1) is 20.9. The number of anilines is 6. The van der Waals surface area contributed by atoms with E-state index in [9.17, 15) is 5.26 Å². The lowest BCUT2D eigenvalue weighted by Crippen LogP contribution is -2.61. The van der Waals surface area contributed by atoms with Crippen LogP contribution in [0.1, 0.15) is 5.69 Å². The van der Waals surface area contributed by atoms with Gasteiger partial charge in [0.1, 0.15) is 6.07 Å². The molecule has 0 unspecified atom stereocenters. The average Bonchev–Trinajstić information content (AvgIpc) is 2.97. The largest absolute Gasteiger partial charge is 0.394 e. The van der Waals surface area contributed by atoms with Gasteiger partial charge in [-0.2, -0.15) is 5.26 Å². The van der Waals surface area contributed by atoms with Crippen LogP contribution in [-0.4, -0.2) is 16.7 Å². The lowest BCUT2D eigenvalue weighted by atomic mass is 9.33. The predicted octanol–water partition coefficient (Wildman–Crippen LogP) is 4.98. The highest BCUT2D eigenvalue weighted by atomic mass is 15.2. The molecule has 37 heavy (non-hydrogen) atoms. The number of aromatic nitrogens is 2. The zero-order chi connectivity index (χ0) is 24.9. The smallest absolute Gasteiger partial charge is 0.374 e. The Balaban J connectivity index is 1.57. The number of benzene rings is 4. The number of hydrogen-bond acceptors (Lipinski definition) is 5. The van der Waals surface area contributed by atoms with E-state index in [0.29, 0.717) is 5.82 Å². The number of nitriles is 1. The molecule has 0 spiro atoms. The van der Waals surface area contributed by atoms with E-state index in [-0.39, 0.29) is 18.4 Å². The molecule has 0 radical (unpaired) electrons. The van der Waals surface area contributed by atoms with Crippen LogP contribution in [0.3, 0.4) is 0 Å². The Bertz CT molecular complexity index is 1750. The Morgan fingerprint density at radius 3 is 1.97 bits per heavy atom. The van der Waals surface area contributed by atoms with Crippen LogP contribution in [0.4, 0.5) is 40.2 Å². The summed E-state index contributed by atoms with van der Waals surface area (Å²) in [6.07, 6.45) is 0. The Morgan fingerprint density at radius 1 is 0.703 bits per heavy atom. The summed E-state index contributed by atoms with van der Waals surface area (Å²) in [5.41, 5.74) is 8.94. The minimum absolute atomic E-state index is 0.0208. The second-order valence-corrected chi connectivity index (χ2v) is 8.90. The molecule has 0 atom stereocenters. The van der Waals surface area contributed by atoms with Gasteiger partial charge in [-0.3, -0.25) is 4.90 Å². The first-order valence-electron chi connectivity index (χ1n) is 11.9. The molecule has 4 aromatic carbocycles. The van der Waals surface area contributed by atoms with Crippen molar-refractivity contribution in [3.8, 4) is 6.07 Å². The number of nitrogens with zero attached hydrogens (tertiary/aromatic N) is 6. The normalized spacial score (nSPS) is 12.6. The Hall–Kier alpha value is -5.40. The zero-order valence-corrected chi connectivity index (χ0v) is 19.6. The van der Waals surface area contributed by atoms with Gasteiger partial charge in [-0.25, -0.2) is 0 Å². The minimum atomic E-state index is -0.0466. The van der Waals surface area contributed by atoms with Gasteiger partial charge >= 0.3 is 5.95 Å². The van der Waals surface area contributed by atoms with Crippen LogP contribution >= 0.6 is 0 Å². The van der Waals surface area contributed by atoms with Gasteiger partial charge in [-0.05, 0) is 52.8 Å². The van der Waals surface area contributed by atoms with Crippen molar-refractivity contribution < 1.29 is 0 Å². The fourth-order valence-corrected chi connectivity index (χ4v) is 5.58. The highest BCUT2D eigenvalue weighted by molar-refractivity contribution is 7.00. The van der Waals surface area contributed by atoms with Crippen LogP contribution in [0.5, 0.6) is 0 Å². The molecular formula is C30H17BN6. The second-order valence-electron chi connectivity index (χ2n) is 8.90. The van der Waals surface area contributed by atoms with E-state index in [1.54, 1.807) is 6.07 Å². The van der Waals surface area contributed by atoms with Crippen molar-refractivity contribution in [3.05, 3.63) is 120 Å². The maximum atomic E-state index is 9.61. The maximum Gasteiger partial charge on any atom is 0.374 e. The standard InChI is InChI=1S/C30H17BN6/c1-33-30-34-20(19-32)18-28(35-30)37-25-15-8-6-13-23(25)31-22-12-5-7-14-24(22)36(21-10-3-2-4-11-21)26-16-9-17-27(37)29(26)31/h2-18H.